The van der Waals surface area contributed by atoms with E-state index < -0.39 is 0 Å². The van der Waals surface area contributed by atoms with Gasteiger partial charge in [-0.2, -0.15) is 5.10 Å². The Labute approximate surface area is 156 Å². The molecule has 2 aromatic heterocycles. The summed E-state index contributed by atoms with van der Waals surface area (Å²) in [5.41, 5.74) is 2.99. The van der Waals surface area contributed by atoms with Gasteiger partial charge in [0.25, 0.3) is 0 Å². The number of rotatable bonds is 5. The molecular formula is C21H30N4O. The van der Waals surface area contributed by atoms with E-state index in [2.05, 4.69) is 29.1 Å². The lowest BCUT2D eigenvalue weighted by molar-refractivity contribution is -0.138. The normalized spacial score (nSPS) is 17.7. The molecule has 0 bridgehead atoms. The third-order valence-electron chi connectivity index (χ3n) is 4.98. The van der Waals surface area contributed by atoms with Gasteiger partial charge in [-0.05, 0) is 42.9 Å². The number of carbonyl (C=O) groups excluding carboxylic acids is 1. The van der Waals surface area contributed by atoms with E-state index in [-0.39, 0.29) is 11.3 Å². The molecule has 5 nitrogen and oxygen atoms in total. The molecule has 3 heterocycles. The number of hydrogen-bond acceptors (Lipinski definition) is 3. The van der Waals surface area contributed by atoms with Crippen molar-refractivity contribution in [3.63, 3.8) is 0 Å². The first-order chi connectivity index (χ1) is 12.4. The molecule has 0 N–H and O–H groups in total. The van der Waals surface area contributed by atoms with Crippen LogP contribution in [0.3, 0.4) is 0 Å². The van der Waals surface area contributed by atoms with Gasteiger partial charge in [0.2, 0.25) is 5.91 Å². The SMILES string of the molecule is CCCn1nccc1-c1ccc(CC2CCN(C(=O)C(C)(C)C)C2)cn1. The molecule has 0 saturated carbocycles. The van der Waals surface area contributed by atoms with Gasteiger partial charge in [-0.3, -0.25) is 14.5 Å². The highest BCUT2D eigenvalue weighted by Gasteiger charge is 2.32. The molecule has 0 radical (unpaired) electrons. The summed E-state index contributed by atoms with van der Waals surface area (Å²) in [6.45, 7) is 10.8. The smallest absolute Gasteiger partial charge is 0.227 e. The quantitative estimate of drug-likeness (QED) is 0.821. The summed E-state index contributed by atoms with van der Waals surface area (Å²) in [4.78, 5) is 19.1. The Hall–Kier alpha value is -2.17. The Morgan fingerprint density at radius 1 is 1.27 bits per heavy atom. The number of aromatic nitrogens is 3. The Morgan fingerprint density at radius 3 is 2.73 bits per heavy atom. The lowest BCUT2D eigenvalue weighted by atomic mass is 9.95. The zero-order chi connectivity index (χ0) is 18.7. The van der Waals surface area contributed by atoms with Crippen LogP contribution in [-0.4, -0.2) is 38.7 Å². The van der Waals surface area contributed by atoms with Gasteiger partial charge in [-0.15, -0.1) is 0 Å². The summed E-state index contributed by atoms with van der Waals surface area (Å²) < 4.78 is 2.01. The van der Waals surface area contributed by atoms with Crippen molar-refractivity contribution in [3.8, 4) is 11.4 Å². The lowest BCUT2D eigenvalue weighted by Gasteiger charge is -2.25. The van der Waals surface area contributed by atoms with Gasteiger partial charge in [0, 0.05) is 37.4 Å². The maximum absolute atomic E-state index is 12.4. The van der Waals surface area contributed by atoms with E-state index in [1.165, 1.54) is 5.56 Å². The molecule has 2 aromatic rings. The van der Waals surface area contributed by atoms with Crippen molar-refractivity contribution in [2.75, 3.05) is 13.1 Å². The van der Waals surface area contributed by atoms with Crippen LogP contribution in [-0.2, 0) is 17.8 Å². The second-order valence-electron chi connectivity index (χ2n) is 8.35. The average Bonchev–Trinajstić information content (AvgIpc) is 3.24. The fraction of sp³-hybridized carbons (Fsp3) is 0.571. The fourth-order valence-corrected chi connectivity index (χ4v) is 3.63. The van der Waals surface area contributed by atoms with Gasteiger partial charge in [0.05, 0.1) is 11.4 Å². The van der Waals surface area contributed by atoms with Gasteiger partial charge >= 0.3 is 0 Å². The molecule has 1 aliphatic heterocycles. The molecule has 3 rings (SSSR count). The Balaban J connectivity index is 1.62. The minimum atomic E-state index is -0.292. The molecule has 140 valence electrons. The number of hydrogen-bond donors (Lipinski definition) is 0. The van der Waals surface area contributed by atoms with Gasteiger partial charge in [-0.1, -0.05) is 33.8 Å². The first-order valence-electron chi connectivity index (χ1n) is 9.65. The molecule has 5 heteroatoms. The zero-order valence-corrected chi connectivity index (χ0v) is 16.4. The van der Waals surface area contributed by atoms with Gasteiger partial charge in [0.15, 0.2) is 0 Å². The van der Waals surface area contributed by atoms with E-state index in [1.807, 2.05) is 48.8 Å². The van der Waals surface area contributed by atoms with Crippen LogP contribution < -0.4 is 0 Å². The van der Waals surface area contributed by atoms with Crippen LogP contribution in [0.15, 0.2) is 30.6 Å². The Bertz CT molecular complexity index is 742. The van der Waals surface area contributed by atoms with Gasteiger partial charge in [0.1, 0.15) is 0 Å². The van der Waals surface area contributed by atoms with Crippen molar-refractivity contribution >= 4 is 5.91 Å². The lowest BCUT2D eigenvalue weighted by Crippen LogP contribution is -2.38. The standard InChI is InChI=1S/C21H30N4O/c1-5-11-25-19(8-10-23-25)18-7-6-16(14-22-18)13-17-9-12-24(15-17)20(26)21(2,3)4/h6-8,10,14,17H,5,9,11-13,15H2,1-4H3. The largest absolute Gasteiger partial charge is 0.342 e. The minimum absolute atomic E-state index is 0.262. The fourth-order valence-electron chi connectivity index (χ4n) is 3.63. The van der Waals surface area contributed by atoms with Crippen molar-refractivity contribution in [1.29, 1.82) is 0 Å². The van der Waals surface area contributed by atoms with Crippen LogP contribution in [0.2, 0.25) is 0 Å². The van der Waals surface area contributed by atoms with E-state index in [9.17, 15) is 4.79 Å². The van der Waals surface area contributed by atoms with Crippen LogP contribution in [0.25, 0.3) is 11.4 Å². The van der Waals surface area contributed by atoms with E-state index in [0.717, 1.165) is 50.3 Å². The van der Waals surface area contributed by atoms with Crippen LogP contribution in [0.4, 0.5) is 0 Å². The summed E-state index contributed by atoms with van der Waals surface area (Å²) in [6.07, 6.45) is 6.92. The molecule has 0 aliphatic carbocycles. The van der Waals surface area contributed by atoms with E-state index in [0.29, 0.717) is 5.92 Å². The average molecular weight is 354 g/mol. The van der Waals surface area contributed by atoms with E-state index in [1.54, 1.807) is 0 Å². The van der Waals surface area contributed by atoms with Crippen molar-refractivity contribution < 1.29 is 4.79 Å². The highest BCUT2D eigenvalue weighted by Crippen LogP contribution is 2.26. The predicted octanol–water partition coefficient (Wildman–Crippen LogP) is 3.79. The summed E-state index contributed by atoms with van der Waals surface area (Å²) >= 11 is 0. The Morgan fingerprint density at radius 2 is 2.08 bits per heavy atom. The third kappa shape index (κ3) is 4.14. The molecule has 1 fully saturated rings. The first kappa shape index (κ1) is 18.6. The second kappa shape index (κ2) is 7.60. The minimum Gasteiger partial charge on any atom is -0.342 e. The third-order valence-corrected chi connectivity index (χ3v) is 4.98. The number of carbonyl (C=O) groups is 1. The summed E-state index contributed by atoms with van der Waals surface area (Å²) in [5.74, 6) is 0.789. The molecular weight excluding hydrogens is 324 g/mol. The second-order valence-corrected chi connectivity index (χ2v) is 8.35. The Kier molecular flexibility index (Phi) is 5.44. The van der Waals surface area contributed by atoms with Crippen LogP contribution in [0.5, 0.6) is 0 Å². The molecule has 26 heavy (non-hydrogen) atoms. The molecule has 1 unspecified atom stereocenters. The van der Waals surface area contributed by atoms with Crippen molar-refractivity contribution in [2.24, 2.45) is 11.3 Å². The van der Waals surface area contributed by atoms with Crippen LogP contribution >= 0.6 is 0 Å². The number of amides is 1. The topological polar surface area (TPSA) is 51.0 Å². The maximum atomic E-state index is 12.4. The van der Waals surface area contributed by atoms with E-state index in [4.69, 9.17) is 0 Å². The molecule has 1 aliphatic rings. The van der Waals surface area contributed by atoms with Crippen molar-refractivity contribution in [2.45, 2.75) is 53.5 Å². The number of likely N-dealkylation sites (tertiary alicyclic amines) is 1. The van der Waals surface area contributed by atoms with Gasteiger partial charge in [-0.25, -0.2) is 0 Å². The first-order valence-corrected chi connectivity index (χ1v) is 9.65. The summed E-state index contributed by atoms with van der Waals surface area (Å²) in [6, 6.07) is 6.27. The van der Waals surface area contributed by atoms with Gasteiger partial charge < -0.3 is 4.90 Å². The molecule has 0 spiro atoms. The molecule has 1 atom stereocenters. The number of pyridine rings is 1. The van der Waals surface area contributed by atoms with Crippen molar-refractivity contribution in [3.05, 3.63) is 36.2 Å². The molecule has 1 amide bonds. The van der Waals surface area contributed by atoms with Crippen LogP contribution in [0.1, 0.15) is 46.1 Å². The summed E-state index contributed by atoms with van der Waals surface area (Å²) in [5, 5.41) is 4.37. The molecule has 1 saturated heterocycles. The highest BCUT2D eigenvalue weighted by atomic mass is 16.2. The number of nitrogens with zero attached hydrogens (tertiary/aromatic N) is 4. The van der Waals surface area contributed by atoms with E-state index >= 15 is 0 Å². The monoisotopic (exact) mass is 354 g/mol. The van der Waals surface area contributed by atoms with Crippen molar-refractivity contribution in [1.82, 2.24) is 19.7 Å². The van der Waals surface area contributed by atoms with Crippen LogP contribution in [0, 0.1) is 11.3 Å². The zero-order valence-electron chi connectivity index (χ0n) is 16.4. The highest BCUT2D eigenvalue weighted by molar-refractivity contribution is 5.81. The predicted molar refractivity (Wildman–Crippen MR) is 104 cm³/mol. The maximum Gasteiger partial charge on any atom is 0.227 e. The molecule has 0 aromatic carbocycles. The summed E-state index contributed by atoms with van der Waals surface area (Å²) in [7, 11) is 0. The number of aryl methyl sites for hydroxylation is 1.